The van der Waals surface area contributed by atoms with Crippen molar-refractivity contribution in [2.45, 2.75) is 90.6 Å². The van der Waals surface area contributed by atoms with Crippen LogP contribution in [0.1, 0.15) is 84.5 Å². The first-order chi connectivity index (χ1) is 13.4. The summed E-state index contributed by atoms with van der Waals surface area (Å²) in [5.41, 5.74) is 1.52. The maximum atomic E-state index is 13.0. The van der Waals surface area contributed by atoms with E-state index in [1.165, 1.54) is 31.3 Å². The number of rotatable bonds is 2. The van der Waals surface area contributed by atoms with Crippen molar-refractivity contribution in [3.63, 3.8) is 0 Å². The summed E-state index contributed by atoms with van der Waals surface area (Å²) in [7, 11) is 0. The van der Waals surface area contributed by atoms with Gasteiger partial charge in [0.1, 0.15) is 5.78 Å². The predicted octanol–water partition coefficient (Wildman–Crippen LogP) is 5.27. The van der Waals surface area contributed by atoms with Gasteiger partial charge in [-0.3, -0.25) is 9.59 Å². The number of allylic oxidation sites excluding steroid dienone is 1. The van der Waals surface area contributed by atoms with Crippen LogP contribution in [0.3, 0.4) is 0 Å². The highest BCUT2D eigenvalue weighted by Gasteiger charge is 2.61. The maximum absolute atomic E-state index is 13.0. The number of hydrogen-bond acceptors (Lipinski definition) is 3. The molecule has 4 aliphatic carbocycles. The van der Waals surface area contributed by atoms with Crippen LogP contribution in [0.5, 0.6) is 0 Å². The van der Waals surface area contributed by atoms with E-state index in [2.05, 4.69) is 13.8 Å². The molecule has 0 radical (unpaired) electrons. The highest BCUT2D eigenvalue weighted by molar-refractivity contribution is 5.92. The van der Waals surface area contributed by atoms with Gasteiger partial charge in [0.05, 0.1) is 6.10 Å². The molecular formula is C25H36O3. The molecule has 4 fully saturated rings. The zero-order valence-corrected chi connectivity index (χ0v) is 17.7. The van der Waals surface area contributed by atoms with Crippen LogP contribution >= 0.6 is 0 Å². The summed E-state index contributed by atoms with van der Waals surface area (Å²) in [4.78, 5) is 25.3. The monoisotopic (exact) mass is 384 g/mol. The number of Topliss-reactive ketones (excluding diaryl/α,β-unsaturated/α-hetero) is 1. The fourth-order valence-corrected chi connectivity index (χ4v) is 8.23. The molecule has 0 aromatic heterocycles. The van der Waals surface area contributed by atoms with Crippen molar-refractivity contribution in [1.29, 1.82) is 0 Å². The van der Waals surface area contributed by atoms with Crippen LogP contribution in [0.2, 0.25) is 0 Å². The molecule has 154 valence electrons. The van der Waals surface area contributed by atoms with Gasteiger partial charge in [0.2, 0.25) is 0 Å². The summed E-state index contributed by atoms with van der Waals surface area (Å²) in [6, 6.07) is 0. The van der Waals surface area contributed by atoms with E-state index in [4.69, 9.17) is 4.74 Å². The summed E-state index contributed by atoms with van der Waals surface area (Å²) in [6.07, 6.45) is 14.4. The Bertz CT molecular complexity index is 703. The molecule has 3 nitrogen and oxygen atoms in total. The highest BCUT2D eigenvalue weighted by atomic mass is 16.5. The van der Waals surface area contributed by atoms with E-state index in [0.717, 1.165) is 45.1 Å². The Labute approximate surface area is 169 Å². The molecule has 0 amide bonds. The molecule has 0 aromatic rings. The van der Waals surface area contributed by atoms with Crippen molar-refractivity contribution in [3.05, 3.63) is 11.6 Å². The molecule has 7 atom stereocenters. The number of carbonyl (C=O) groups is 2. The van der Waals surface area contributed by atoms with Crippen molar-refractivity contribution < 1.29 is 14.3 Å². The van der Waals surface area contributed by atoms with E-state index in [1.54, 1.807) is 0 Å². The second-order valence-corrected chi connectivity index (χ2v) is 10.9. The maximum Gasteiger partial charge on any atom is 0.155 e. The average molecular weight is 385 g/mol. The third-order valence-corrected chi connectivity index (χ3v) is 9.56. The van der Waals surface area contributed by atoms with E-state index in [9.17, 15) is 9.59 Å². The number of carbonyl (C=O) groups excluding carboxylic acids is 2. The van der Waals surface area contributed by atoms with Crippen molar-refractivity contribution in [3.8, 4) is 0 Å². The fourth-order valence-electron chi connectivity index (χ4n) is 8.23. The van der Waals surface area contributed by atoms with Crippen LogP contribution in [-0.2, 0) is 14.3 Å². The number of ketones is 2. The molecule has 3 heteroatoms. The molecule has 1 heterocycles. The average Bonchev–Trinajstić information content (AvgIpc) is 2.93. The van der Waals surface area contributed by atoms with Crippen LogP contribution in [-0.4, -0.2) is 24.3 Å². The van der Waals surface area contributed by atoms with E-state index in [-0.39, 0.29) is 16.7 Å². The van der Waals surface area contributed by atoms with E-state index >= 15 is 0 Å². The molecule has 0 spiro atoms. The van der Waals surface area contributed by atoms with Gasteiger partial charge in [0.15, 0.2) is 5.78 Å². The van der Waals surface area contributed by atoms with Gasteiger partial charge in [-0.25, -0.2) is 0 Å². The second kappa shape index (κ2) is 6.79. The van der Waals surface area contributed by atoms with Crippen molar-refractivity contribution in [2.75, 3.05) is 6.61 Å². The lowest BCUT2D eigenvalue weighted by molar-refractivity contribution is -0.136. The molecule has 1 saturated heterocycles. The van der Waals surface area contributed by atoms with Gasteiger partial charge in [0.25, 0.3) is 0 Å². The lowest BCUT2D eigenvalue weighted by atomic mass is 9.46. The summed E-state index contributed by atoms with van der Waals surface area (Å²) >= 11 is 0. The Morgan fingerprint density at radius 1 is 1.07 bits per heavy atom. The summed E-state index contributed by atoms with van der Waals surface area (Å²) in [6.45, 7) is 5.33. The zero-order chi connectivity index (χ0) is 19.5. The van der Waals surface area contributed by atoms with Gasteiger partial charge in [0, 0.05) is 24.4 Å². The standard InChI is InChI=1S/C25H36O3/c1-16-13-22-20-7-6-17-14-18(26)8-11-25(17,15-19-5-3-4-12-28-19)21(20)9-10-24(22,2)23(16)27/h14,16,19-22H,3-13,15H2,1-2H3/t16?,19?,20-,21+,22+,24+,25-/m1/s1. The van der Waals surface area contributed by atoms with Crippen molar-refractivity contribution in [2.24, 2.45) is 34.5 Å². The molecular weight excluding hydrogens is 348 g/mol. The van der Waals surface area contributed by atoms with Crippen LogP contribution in [0.15, 0.2) is 11.6 Å². The second-order valence-electron chi connectivity index (χ2n) is 10.9. The summed E-state index contributed by atoms with van der Waals surface area (Å²) in [5.74, 6) is 2.94. The lowest BCUT2D eigenvalue weighted by Crippen LogP contribution is -2.52. The first-order valence-corrected chi connectivity index (χ1v) is 11.8. The summed E-state index contributed by atoms with van der Waals surface area (Å²) < 4.78 is 6.21. The minimum atomic E-state index is -0.0885. The molecule has 0 N–H and O–H groups in total. The Morgan fingerprint density at radius 2 is 1.93 bits per heavy atom. The third-order valence-electron chi connectivity index (χ3n) is 9.56. The van der Waals surface area contributed by atoms with Gasteiger partial charge < -0.3 is 4.74 Å². The first kappa shape index (κ1) is 19.0. The minimum Gasteiger partial charge on any atom is -0.378 e. The number of ether oxygens (including phenoxy) is 1. The highest BCUT2D eigenvalue weighted by Crippen LogP contribution is 2.66. The Morgan fingerprint density at radius 3 is 2.71 bits per heavy atom. The molecule has 2 unspecified atom stereocenters. The van der Waals surface area contributed by atoms with Crippen LogP contribution < -0.4 is 0 Å². The number of hydrogen-bond donors (Lipinski definition) is 0. The van der Waals surface area contributed by atoms with E-state index < -0.39 is 0 Å². The Kier molecular flexibility index (Phi) is 4.61. The first-order valence-electron chi connectivity index (χ1n) is 11.8. The SMILES string of the molecule is CC1C[C@H]2[C@@H]3CCC4=CC(=O)CC[C@]4(CC4CCCCO4)[C@H]3CC[C@]2(C)C1=O. The normalized spacial score (nSPS) is 48.5. The van der Waals surface area contributed by atoms with E-state index in [0.29, 0.717) is 41.8 Å². The molecule has 28 heavy (non-hydrogen) atoms. The molecule has 0 aromatic carbocycles. The van der Waals surface area contributed by atoms with Gasteiger partial charge >= 0.3 is 0 Å². The largest absolute Gasteiger partial charge is 0.378 e. The van der Waals surface area contributed by atoms with Crippen molar-refractivity contribution in [1.82, 2.24) is 0 Å². The van der Waals surface area contributed by atoms with Gasteiger partial charge in [-0.2, -0.15) is 0 Å². The van der Waals surface area contributed by atoms with Gasteiger partial charge in [-0.15, -0.1) is 0 Å². The lowest BCUT2D eigenvalue weighted by Gasteiger charge is -2.58. The molecule has 1 aliphatic heterocycles. The molecule has 3 saturated carbocycles. The molecule has 5 rings (SSSR count). The third kappa shape index (κ3) is 2.71. The molecule has 0 bridgehead atoms. The van der Waals surface area contributed by atoms with Crippen LogP contribution in [0, 0.1) is 34.5 Å². The van der Waals surface area contributed by atoms with Crippen molar-refractivity contribution >= 4 is 11.6 Å². The van der Waals surface area contributed by atoms with Crippen LogP contribution in [0.4, 0.5) is 0 Å². The Balaban J connectivity index is 1.50. The van der Waals surface area contributed by atoms with E-state index in [1.807, 2.05) is 6.08 Å². The zero-order valence-electron chi connectivity index (χ0n) is 17.7. The summed E-state index contributed by atoms with van der Waals surface area (Å²) in [5, 5.41) is 0. The predicted molar refractivity (Wildman–Crippen MR) is 109 cm³/mol. The van der Waals surface area contributed by atoms with Gasteiger partial charge in [-0.1, -0.05) is 19.4 Å². The van der Waals surface area contributed by atoms with Gasteiger partial charge in [-0.05, 0) is 93.5 Å². The fraction of sp³-hybridized carbons (Fsp3) is 0.840. The quantitative estimate of drug-likeness (QED) is 0.651. The van der Waals surface area contributed by atoms with Crippen LogP contribution in [0.25, 0.3) is 0 Å². The molecule has 5 aliphatic rings. The topological polar surface area (TPSA) is 43.4 Å². The minimum absolute atomic E-state index is 0.0885. The number of fused-ring (bicyclic) bond motifs is 5. The Hall–Kier alpha value is -0.960. The smallest absolute Gasteiger partial charge is 0.155 e.